The second kappa shape index (κ2) is 6.27. The fraction of sp³-hybridized carbons (Fsp3) is 0.750. The zero-order chi connectivity index (χ0) is 13.8. The van der Waals surface area contributed by atoms with Crippen LogP contribution in [-0.2, 0) is 11.3 Å². The molecule has 6 nitrogen and oxygen atoms in total. The monoisotopic (exact) mass is 285 g/mol. The van der Waals surface area contributed by atoms with Gasteiger partial charge in [0.25, 0.3) is 0 Å². The van der Waals surface area contributed by atoms with E-state index in [4.69, 9.17) is 5.11 Å². The quantitative estimate of drug-likeness (QED) is 0.802. The number of aromatic nitrogens is 3. The molecule has 0 bridgehead atoms. The van der Waals surface area contributed by atoms with Gasteiger partial charge in [0.2, 0.25) is 0 Å². The van der Waals surface area contributed by atoms with E-state index in [1.165, 1.54) is 12.8 Å². The molecule has 0 spiro atoms. The molecule has 1 aliphatic carbocycles. The van der Waals surface area contributed by atoms with E-state index in [0.717, 1.165) is 30.5 Å². The summed E-state index contributed by atoms with van der Waals surface area (Å²) in [5.74, 6) is 0.291. The molecule has 0 radical (unpaired) electrons. The van der Waals surface area contributed by atoms with Crippen LogP contribution in [0.3, 0.4) is 0 Å². The number of thioether (sulfide) groups is 1. The molecule has 0 atom stereocenters. The fourth-order valence-electron chi connectivity index (χ4n) is 2.47. The molecule has 0 amide bonds. The molecule has 19 heavy (non-hydrogen) atoms. The highest BCUT2D eigenvalue weighted by molar-refractivity contribution is 7.99. The number of rotatable bonds is 5. The Bertz CT molecular complexity index is 489. The average Bonchev–Trinajstić information content (AvgIpc) is 2.71. The summed E-state index contributed by atoms with van der Waals surface area (Å²) < 4.78 is 1.58. The number of hydrogen-bond donors (Lipinski definition) is 2. The van der Waals surface area contributed by atoms with Crippen LogP contribution in [0, 0.1) is 11.8 Å². The van der Waals surface area contributed by atoms with Gasteiger partial charge in [-0.3, -0.25) is 9.36 Å². The van der Waals surface area contributed by atoms with Gasteiger partial charge in [0, 0.05) is 6.54 Å². The third kappa shape index (κ3) is 3.86. The predicted octanol–water partition coefficient (Wildman–Crippen LogP) is 1.57. The van der Waals surface area contributed by atoms with Crippen LogP contribution in [-0.4, -0.2) is 31.6 Å². The maximum atomic E-state index is 11.7. The minimum atomic E-state index is -0.904. The molecule has 7 heteroatoms. The summed E-state index contributed by atoms with van der Waals surface area (Å²) in [7, 11) is 0. The predicted molar refractivity (Wildman–Crippen MR) is 72.3 cm³/mol. The van der Waals surface area contributed by atoms with Gasteiger partial charge < -0.3 is 5.11 Å². The Hall–Kier alpha value is -1.24. The van der Waals surface area contributed by atoms with Crippen molar-refractivity contribution < 1.29 is 9.90 Å². The Morgan fingerprint density at radius 2 is 2.16 bits per heavy atom. The average molecular weight is 285 g/mol. The van der Waals surface area contributed by atoms with E-state index in [1.807, 2.05) is 0 Å². The summed E-state index contributed by atoms with van der Waals surface area (Å²) in [6.45, 7) is 2.90. The Labute approximate surface area is 115 Å². The number of H-pyrrole nitrogens is 1. The van der Waals surface area contributed by atoms with Crippen LogP contribution in [0.4, 0.5) is 0 Å². The number of aliphatic carboxylic acids is 1. The van der Waals surface area contributed by atoms with Crippen molar-refractivity contribution in [3.05, 3.63) is 10.5 Å². The summed E-state index contributed by atoms with van der Waals surface area (Å²) in [5, 5.41) is 15.5. The first-order valence-corrected chi connectivity index (χ1v) is 7.54. The molecule has 1 aliphatic rings. The first-order valence-electron chi connectivity index (χ1n) is 6.56. The van der Waals surface area contributed by atoms with Crippen molar-refractivity contribution in [3.8, 4) is 0 Å². The second-order valence-electron chi connectivity index (χ2n) is 5.23. The Morgan fingerprint density at radius 1 is 1.47 bits per heavy atom. The highest BCUT2D eigenvalue weighted by atomic mass is 32.2. The SMILES string of the molecule is CC1CCC(Cn2c(SCC(=O)O)n[nH]c2=O)CC1. The van der Waals surface area contributed by atoms with Crippen molar-refractivity contribution in [2.75, 3.05) is 5.75 Å². The van der Waals surface area contributed by atoms with Crippen LogP contribution >= 0.6 is 11.8 Å². The molecule has 106 valence electrons. The van der Waals surface area contributed by atoms with E-state index >= 15 is 0 Å². The Kier molecular flexibility index (Phi) is 4.68. The molecule has 0 saturated heterocycles. The summed E-state index contributed by atoms with van der Waals surface area (Å²) in [6.07, 6.45) is 4.66. The minimum Gasteiger partial charge on any atom is -0.481 e. The standard InChI is InChI=1S/C12H19N3O3S/c1-8-2-4-9(5-3-8)6-15-11(18)13-14-12(15)19-7-10(16)17/h8-9H,2-7H2,1H3,(H,13,18)(H,16,17). The van der Waals surface area contributed by atoms with Crippen molar-refractivity contribution in [2.24, 2.45) is 11.8 Å². The Balaban J connectivity index is 2.00. The molecule has 1 aromatic heterocycles. The molecule has 1 fully saturated rings. The maximum absolute atomic E-state index is 11.7. The topological polar surface area (TPSA) is 88.0 Å². The van der Waals surface area contributed by atoms with E-state index in [1.54, 1.807) is 4.57 Å². The van der Waals surface area contributed by atoms with Gasteiger partial charge >= 0.3 is 11.7 Å². The number of carboxylic acid groups (broad SMARTS) is 1. The lowest BCUT2D eigenvalue weighted by atomic mass is 9.83. The highest BCUT2D eigenvalue weighted by Gasteiger charge is 2.21. The van der Waals surface area contributed by atoms with Gasteiger partial charge in [-0.2, -0.15) is 0 Å². The van der Waals surface area contributed by atoms with Crippen LogP contribution in [0.1, 0.15) is 32.6 Å². The van der Waals surface area contributed by atoms with E-state index in [0.29, 0.717) is 17.6 Å². The lowest BCUT2D eigenvalue weighted by molar-refractivity contribution is -0.133. The number of nitrogens with one attached hydrogen (secondary N) is 1. The normalized spacial score (nSPS) is 23.4. The number of nitrogens with zero attached hydrogens (tertiary/aromatic N) is 2. The van der Waals surface area contributed by atoms with E-state index < -0.39 is 5.97 Å². The zero-order valence-electron chi connectivity index (χ0n) is 11.0. The smallest absolute Gasteiger partial charge is 0.343 e. The van der Waals surface area contributed by atoms with E-state index in [9.17, 15) is 9.59 Å². The lowest BCUT2D eigenvalue weighted by Crippen LogP contribution is -2.25. The minimum absolute atomic E-state index is 0.0774. The van der Waals surface area contributed by atoms with Crippen LogP contribution in [0.15, 0.2) is 9.95 Å². The number of aromatic amines is 1. The van der Waals surface area contributed by atoms with Gasteiger partial charge in [0.05, 0.1) is 5.75 Å². The second-order valence-corrected chi connectivity index (χ2v) is 6.17. The molecule has 2 N–H and O–H groups in total. The summed E-state index contributed by atoms with van der Waals surface area (Å²) >= 11 is 1.09. The van der Waals surface area contributed by atoms with E-state index in [-0.39, 0.29) is 11.4 Å². The zero-order valence-corrected chi connectivity index (χ0v) is 11.8. The largest absolute Gasteiger partial charge is 0.481 e. The summed E-state index contributed by atoms with van der Waals surface area (Å²) in [5.41, 5.74) is -0.244. The summed E-state index contributed by atoms with van der Waals surface area (Å²) in [6, 6.07) is 0. The first kappa shape index (κ1) is 14.2. The number of carbonyl (C=O) groups is 1. The third-order valence-corrected chi connectivity index (χ3v) is 4.59. The van der Waals surface area contributed by atoms with Gasteiger partial charge in [0.15, 0.2) is 5.16 Å². The molecule has 0 aliphatic heterocycles. The number of hydrogen-bond acceptors (Lipinski definition) is 4. The van der Waals surface area contributed by atoms with Crippen molar-refractivity contribution in [1.82, 2.24) is 14.8 Å². The van der Waals surface area contributed by atoms with Crippen molar-refractivity contribution in [2.45, 2.75) is 44.3 Å². The summed E-state index contributed by atoms with van der Waals surface area (Å²) in [4.78, 5) is 22.3. The molecule has 1 heterocycles. The maximum Gasteiger partial charge on any atom is 0.343 e. The van der Waals surface area contributed by atoms with Crippen molar-refractivity contribution >= 4 is 17.7 Å². The molecule has 1 aromatic rings. The fourth-order valence-corrected chi connectivity index (χ4v) is 3.15. The van der Waals surface area contributed by atoms with Gasteiger partial charge in [-0.1, -0.05) is 31.5 Å². The van der Waals surface area contributed by atoms with Gasteiger partial charge in [0.1, 0.15) is 0 Å². The third-order valence-electron chi connectivity index (χ3n) is 3.62. The molecule has 0 aromatic carbocycles. The molecular formula is C12H19N3O3S. The Morgan fingerprint density at radius 3 is 2.79 bits per heavy atom. The molecule has 2 rings (SSSR count). The van der Waals surface area contributed by atoms with Crippen LogP contribution in [0.5, 0.6) is 0 Å². The highest BCUT2D eigenvalue weighted by Crippen LogP contribution is 2.29. The van der Waals surface area contributed by atoms with Crippen LogP contribution in [0.25, 0.3) is 0 Å². The van der Waals surface area contributed by atoms with E-state index in [2.05, 4.69) is 17.1 Å². The van der Waals surface area contributed by atoms with Crippen molar-refractivity contribution in [1.29, 1.82) is 0 Å². The van der Waals surface area contributed by atoms with Gasteiger partial charge in [-0.05, 0) is 24.7 Å². The molecule has 0 unspecified atom stereocenters. The van der Waals surface area contributed by atoms with Crippen molar-refractivity contribution in [3.63, 3.8) is 0 Å². The first-order chi connectivity index (χ1) is 9.06. The van der Waals surface area contributed by atoms with Gasteiger partial charge in [-0.15, -0.1) is 5.10 Å². The van der Waals surface area contributed by atoms with Gasteiger partial charge in [-0.25, -0.2) is 9.89 Å². The van der Waals surface area contributed by atoms with Crippen LogP contribution in [0.2, 0.25) is 0 Å². The molecular weight excluding hydrogens is 266 g/mol. The number of carboxylic acids is 1. The van der Waals surface area contributed by atoms with Crippen LogP contribution < -0.4 is 5.69 Å². The lowest BCUT2D eigenvalue weighted by Gasteiger charge is -2.26. The molecule has 1 saturated carbocycles.